The summed E-state index contributed by atoms with van der Waals surface area (Å²) in [7, 11) is 0. The molecule has 1 saturated carbocycles. The third kappa shape index (κ3) is 0.838. The van der Waals surface area contributed by atoms with Gasteiger partial charge in [0.2, 0.25) is 0 Å². The number of allylic oxidation sites excluding steroid dienone is 2. The van der Waals surface area contributed by atoms with Crippen LogP contribution in [0.4, 0.5) is 0 Å². The first-order valence-corrected chi connectivity index (χ1v) is 4.52. The van der Waals surface area contributed by atoms with E-state index in [1.807, 2.05) is 0 Å². The molecule has 0 heterocycles. The maximum absolute atomic E-state index is 10.9. The Bertz CT molecular complexity index is 255. The van der Waals surface area contributed by atoms with Gasteiger partial charge in [0.25, 0.3) is 0 Å². The molecule has 2 bridgehead atoms. The second kappa shape index (κ2) is 2.35. The van der Waals surface area contributed by atoms with Gasteiger partial charge in [0.1, 0.15) is 0 Å². The molecule has 1 N–H and O–H groups in total. The summed E-state index contributed by atoms with van der Waals surface area (Å²) in [6.45, 7) is 4.12. The second-order valence-electron chi connectivity index (χ2n) is 4.14. The Labute approximate surface area is 72.3 Å². The van der Waals surface area contributed by atoms with E-state index in [9.17, 15) is 4.79 Å². The normalized spacial score (nSPS) is 44.7. The first kappa shape index (κ1) is 7.84. The molecule has 66 valence electrons. The summed E-state index contributed by atoms with van der Waals surface area (Å²) in [5, 5.41) is 9.00. The summed E-state index contributed by atoms with van der Waals surface area (Å²) < 4.78 is 0. The number of hydrogen-bond donors (Lipinski definition) is 1. The van der Waals surface area contributed by atoms with Crippen LogP contribution in [0.1, 0.15) is 20.3 Å². The van der Waals surface area contributed by atoms with Crippen LogP contribution in [0.15, 0.2) is 11.6 Å². The number of carboxylic acids is 1. The van der Waals surface area contributed by atoms with E-state index in [1.165, 1.54) is 5.57 Å². The summed E-state index contributed by atoms with van der Waals surface area (Å²) in [6.07, 6.45) is 3.33. The quantitative estimate of drug-likeness (QED) is 0.604. The predicted octanol–water partition coefficient (Wildman–Crippen LogP) is 1.92. The van der Waals surface area contributed by atoms with Crippen molar-refractivity contribution in [2.45, 2.75) is 20.3 Å². The van der Waals surface area contributed by atoms with Crippen molar-refractivity contribution in [2.75, 3.05) is 0 Å². The molecule has 2 nitrogen and oxygen atoms in total. The fourth-order valence-corrected chi connectivity index (χ4v) is 2.83. The molecule has 0 aromatic heterocycles. The van der Waals surface area contributed by atoms with Crippen molar-refractivity contribution in [3.05, 3.63) is 11.6 Å². The second-order valence-corrected chi connectivity index (χ2v) is 4.14. The van der Waals surface area contributed by atoms with E-state index >= 15 is 0 Å². The van der Waals surface area contributed by atoms with Crippen molar-refractivity contribution in [2.24, 2.45) is 23.7 Å². The lowest BCUT2D eigenvalue weighted by Crippen LogP contribution is -2.26. The lowest BCUT2D eigenvalue weighted by atomic mass is 9.81. The number of fused-ring (bicyclic) bond motifs is 2. The monoisotopic (exact) mass is 166 g/mol. The Balaban J connectivity index is 2.29. The standard InChI is InChI=1S/C10H14O2/c1-5-3-7-4-8(5)9(6(7)2)10(11)12/h3,6-9H,4H2,1-2H3,(H,11,12). The molecule has 0 aromatic carbocycles. The number of hydrogen-bond acceptors (Lipinski definition) is 1. The third-order valence-electron chi connectivity index (χ3n) is 3.55. The maximum atomic E-state index is 10.9. The van der Waals surface area contributed by atoms with Gasteiger partial charge in [-0.2, -0.15) is 0 Å². The van der Waals surface area contributed by atoms with Gasteiger partial charge in [-0.3, -0.25) is 4.79 Å². The summed E-state index contributed by atoms with van der Waals surface area (Å²) in [6, 6.07) is 0. The minimum atomic E-state index is -0.609. The van der Waals surface area contributed by atoms with Gasteiger partial charge in [-0.05, 0) is 31.1 Å². The predicted molar refractivity (Wildman–Crippen MR) is 45.6 cm³/mol. The van der Waals surface area contributed by atoms with Gasteiger partial charge < -0.3 is 5.11 Å². The van der Waals surface area contributed by atoms with Gasteiger partial charge in [-0.15, -0.1) is 0 Å². The number of rotatable bonds is 1. The smallest absolute Gasteiger partial charge is 0.307 e. The van der Waals surface area contributed by atoms with Crippen molar-refractivity contribution in [1.82, 2.24) is 0 Å². The van der Waals surface area contributed by atoms with Gasteiger partial charge >= 0.3 is 5.97 Å². The van der Waals surface area contributed by atoms with E-state index in [1.54, 1.807) is 0 Å². The Morgan fingerprint density at radius 3 is 2.75 bits per heavy atom. The van der Waals surface area contributed by atoms with Gasteiger partial charge in [-0.1, -0.05) is 18.6 Å². The molecule has 1 fully saturated rings. The van der Waals surface area contributed by atoms with E-state index in [2.05, 4.69) is 19.9 Å². The van der Waals surface area contributed by atoms with Crippen LogP contribution in [-0.4, -0.2) is 11.1 Å². The first-order chi connectivity index (χ1) is 5.61. The zero-order chi connectivity index (χ0) is 8.88. The summed E-state index contributed by atoms with van der Waals surface area (Å²) in [5.41, 5.74) is 1.30. The van der Waals surface area contributed by atoms with Crippen LogP contribution in [0.25, 0.3) is 0 Å². The fraction of sp³-hybridized carbons (Fsp3) is 0.700. The average Bonchev–Trinajstić information content (AvgIpc) is 2.44. The van der Waals surface area contributed by atoms with Gasteiger partial charge in [0.15, 0.2) is 0 Å². The SMILES string of the molecule is CC1=CC2CC1C(C(=O)O)C2C. The molecular weight excluding hydrogens is 152 g/mol. The summed E-state index contributed by atoms with van der Waals surface area (Å²) >= 11 is 0. The van der Waals surface area contributed by atoms with E-state index in [0.717, 1.165) is 6.42 Å². The van der Waals surface area contributed by atoms with Crippen molar-refractivity contribution >= 4 is 5.97 Å². The zero-order valence-electron chi connectivity index (χ0n) is 7.45. The number of carboxylic acid groups (broad SMARTS) is 1. The average molecular weight is 166 g/mol. The van der Waals surface area contributed by atoms with Crippen molar-refractivity contribution in [1.29, 1.82) is 0 Å². The molecule has 2 aliphatic carbocycles. The Kier molecular flexibility index (Phi) is 1.53. The Morgan fingerprint density at radius 2 is 2.33 bits per heavy atom. The molecular formula is C10H14O2. The van der Waals surface area contributed by atoms with Crippen molar-refractivity contribution in [3.63, 3.8) is 0 Å². The van der Waals surface area contributed by atoms with Crippen molar-refractivity contribution in [3.8, 4) is 0 Å². The Hall–Kier alpha value is -0.790. The van der Waals surface area contributed by atoms with Crippen LogP contribution in [-0.2, 0) is 4.79 Å². The zero-order valence-corrected chi connectivity index (χ0v) is 7.45. The van der Waals surface area contributed by atoms with Gasteiger partial charge in [-0.25, -0.2) is 0 Å². The molecule has 0 amide bonds. The highest BCUT2D eigenvalue weighted by Gasteiger charge is 2.48. The first-order valence-electron chi connectivity index (χ1n) is 4.52. The highest BCUT2D eigenvalue weighted by atomic mass is 16.4. The molecule has 0 saturated heterocycles. The molecule has 2 heteroatoms. The number of aliphatic carboxylic acids is 1. The molecule has 2 rings (SSSR count). The molecule has 0 spiro atoms. The van der Waals surface area contributed by atoms with Crippen LogP contribution in [0.5, 0.6) is 0 Å². The fourth-order valence-electron chi connectivity index (χ4n) is 2.83. The van der Waals surface area contributed by atoms with Crippen LogP contribution < -0.4 is 0 Å². The largest absolute Gasteiger partial charge is 0.481 e. The summed E-state index contributed by atoms with van der Waals surface area (Å²) in [5.74, 6) is 0.497. The molecule has 12 heavy (non-hydrogen) atoms. The van der Waals surface area contributed by atoms with Crippen LogP contribution in [0.2, 0.25) is 0 Å². The third-order valence-corrected chi connectivity index (χ3v) is 3.55. The van der Waals surface area contributed by atoms with Crippen LogP contribution >= 0.6 is 0 Å². The highest BCUT2D eigenvalue weighted by Crippen LogP contribution is 2.51. The van der Waals surface area contributed by atoms with E-state index in [0.29, 0.717) is 17.8 Å². The Morgan fingerprint density at radius 1 is 1.67 bits per heavy atom. The lowest BCUT2D eigenvalue weighted by molar-refractivity contribution is -0.144. The number of carbonyl (C=O) groups is 1. The lowest BCUT2D eigenvalue weighted by Gasteiger charge is -2.23. The molecule has 2 aliphatic rings. The highest BCUT2D eigenvalue weighted by molar-refractivity contribution is 5.72. The molecule has 4 unspecified atom stereocenters. The van der Waals surface area contributed by atoms with Crippen LogP contribution in [0.3, 0.4) is 0 Å². The van der Waals surface area contributed by atoms with E-state index in [4.69, 9.17) is 5.11 Å². The van der Waals surface area contributed by atoms with Gasteiger partial charge in [0, 0.05) is 0 Å². The molecule has 4 atom stereocenters. The van der Waals surface area contributed by atoms with E-state index < -0.39 is 5.97 Å². The van der Waals surface area contributed by atoms with Crippen LogP contribution in [0, 0.1) is 23.7 Å². The minimum Gasteiger partial charge on any atom is -0.481 e. The summed E-state index contributed by atoms with van der Waals surface area (Å²) in [4.78, 5) is 10.9. The minimum absolute atomic E-state index is 0.111. The molecule has 0 aromatic rings. The topological polar surface area (TPSA) is 37.3 Å². The van der Waals surface area contributed by atoms with Gasteiger partial charge in [0.05, 0.1) is 5.92 Å². The van der Waals surface area contributed by atoms with E-state index in [-0.39, 0.29) is 5.92 Å². The molecule has 0 aliphatic heterocycles. The van der Waals surface area contributed by atoms with Crippen molar-refractivity contribution < 1.29 is 9.90 Å². The maximum Gasteiger partial charge on any atom is 0.307 e. The molecule has 0 radical (unpaired) electrons.